The zero-order valence-corrected chi connectivity index (χ0v) is 14.3. The first kappa shape index (κ1) is 16.8. The Morgan fingerprint density at radius 1 is 1.33 bits per heavy atom. The van der Waals surface area contributed by atoms with Gasteiger partial charge in [-0.3, -0.25) is 0 Å². The Hall–Kier alpha value is -0.530. The molecule has 1 aliphatic rings. The van der Waals surface area contributed by atoms with Gasteiger partial charge in [-0.1, -0.05) is 20.3 Å². The lowest BCUT2D eigenvalue weighted by Gasteiger charge is -2.21. The minimum atomic E-state index is -4.02. The maximum atomic E-state index is 13.8. The van der Waals surface area contributed by atoms with Crippen molar-refractivity contribution in [2.24, 2.45) is 11.8 Å². The summed E-state index contributed by atoms with van der Waals surface area (Å²) in [6, 6.07) is 1.31. The van der Waals surface area contributed by atoms with Crippen LogP contribution in [0, 0.1) is 23.5 Å². The Kier molecular flexibility index (Phi) is 5.05. The molecule has 1 fully saturated rings. The third kappa shape index (κ3) is 3.46. The molecule has 3 unspecified atom stereocenters. The summed E-state index contributed by atoms with van der Waals surface area (Å²) in [6.45, 7) is 4.08. The average Bonchev–Trinajstić information content (AvgIpc) is 2.68. The summed E-state index contributed by atoms with van der Waals surface area (Å²) in [5, 5.41) is 0. The van der Waals surface area contributed by atoms with Crippen LogP contribution in [0.1, 0.15) is 33.1 Å². The highest BCUT2D eigenvalue weighted by molar-refractivity contribution is 9.10. The molecule has 1 aliphatic carbocycles. The van der Waals surface area contributed by atoms with Gasteiger partial charge in [0.2, 0.25) is 10.0 Å². The van der Waals surface area contributed by atoms with Gasteiger partial charge in [0.1, 0.15) is 16.5 Å². The van der Waals surface area contributed by atoms with Gasteiger partial charge in [-0.05, 0) is 46.7 Å². The van der Waals surface area contributed by atoms with E-state index in [2.05, 4.69) is 27.6 Å². The largest absolute Gasteiger partial charge is 0.244 e. The first-order chi connectivity index (χ1) is 9.76. The van der Waals surface area contributed by atoms with Gasteiger partial charge in [-0.25, -0.2) is 21.9 Å². The molecular formula is C14H18BrF2NO2S. The van der Waals surface area contributed by atoms with Gasteiger partial charge in [-0.2, -0.15) is 0 Å². The van der Waals surface area contributed by atoms with E-state index in [0.29, 0.717) is 12.0 Å². The van der Waals surface area contributed by atoms with E-state index in [1.807, 2.05) is 6.92 Å². The molecule has 0 aromatic heterocycles. The van der Waals surface area contributed by atoms with Gasteiger partial charge < -0.3 is 0 Å². The van der Waals surface area contributed by atoms with Crippen LogP contribution >= 0.6 is 15.9 Å². The van der Waals surface area contributed by atoms with E-state index in [0.717, 1.165) is 25.3 Å². The second-order valence-electron chi connectivity index (χ2n) is 5.53. The van der Waals surface area contributed by atoms with Crippen molar-refractivity contribution in [2.45, 2.75) is 44.0 Å². The fourth-order valence-electron chi connectivity index (χ4n) is 3.03. The van der Waals surface area contributed by atoms with Gasteiger partial charge in [0, 0.05) is 16.6 Å². The third-order valence-electron chi connectivity index (χ3n) is 4.29. The van der Waals surface area contributed by atoms with Crippen molar-refractivity contribution in [1.29, 1.82) is 0 Å². The number of halogens is 3. The average molecular weight is 382 g/mol. The smallest absolute Gasteiger partial charge is 0.208 e. The molecule has 1 saturated carbocycles. The molecule has 0 amide bonds. The van der Waals surface area contributed by atoms with E-state index >= 15 is 0 Å². The molecule has 0 bridgehead atoms. The number of hydrogen-bond acceptors (Lipinski definition) is 2. The highest BCUT2D eigenvalue weighted by Gasteiger charge is 2.35. The lowest BCUT2D eigenvalue weighted by atomic mass is 9.94. The predicted octanol–water partition coefficient (Wildman–Crippen LogP) is 3.83. The van der Waals surface area contributed by atoms with Crippen LogP contribution in [0.25, 0.3) is 0 Å². The third-order valence-corrected chi connectivity index (χ3v) is 6.74. The molecule has 2 rings (SSSR count). The minimum Gasteiger partial charge on any atom is -0.208 e. The molecule has 1 aromatic rings. The van der Waals surface area contributed by atoms with E-state index in [1.54, 1.807) is 0 Å². The molecule has 0 radical (unpaired) electrons. The molecule has 0 aliphatic heterocycles. The van der Waals surface area contributed by atoms with E-state index in [-0.39, 0.29) is 16.4 Å². The Morgan fingerprint density at radius 3 is 2.52 bits per heavy atom. The Bertz CT molecular complexity index is 613. The van der Waals surface area contributed by atoms with Crippen LogP contribution in [0.5, 0.6) is 0 Å². The number of rotatable bonds is 4. The van der Waals surface area contributed by atoms with Crippen molar-refractivity contribution in [3.63, 3.8) is 0 Å². The van der Waals surface area contributed by atoms with Gasteiger partial charge in [0.05, 0.1) is 0 Å². The summed E-state index contributed by atoms with van der Waals surface area (Å²) in [4.78, 5) is -0.531. The summed E-state index contributed by atoms with van der Waals surface area (Å²) in [6.07, 6.45) is 2.69. The highest BCUT2D eigenvalue weighted by Crippen LogP contribution is 2.35. The van der Waals surface area contributed by atoms with E-state index in [9.17, 15) is 17.2 Å². The SMILES string of the molecule is CCC1CCC(NS(=O)(=O)c2c(F)cc(F)cc2Br)C1C. The Labute approximate surface area is 132 Å². The van der Waals surface area contributed by atoms with E-state index in [4.69, 9.17) is 0 Å². The van der Waals surface area contributed by atoms with E-state index < -0.39 is 26.6 Å². The normalized spacial score (nSPS) is 26.2. The van der Waals surface area contributed by atoms with Crippen LogP contribution in [0.3, 0.4) is 0 Å². The molecule has 1 aromatic carbocycles. The van der Waals surface area contributed by atoms with Crippen molar-refractivity contribution in [3.8, 4) is 0 Å². The zero-order chi connectivity index (χ0) is 15.8. The van der Waals surface area contributed by atoms with Crippen LogP contribution in [0.4, 0.5) is 8.78 Å². The standard InChI is InChI=1S/C14H18BrF2NO2S/c1-3-9-4-5-13(8(9)2)18-21(19,20)14-11(15)6-10(16)7-12(14)17/h6-9,13,18H,3-5H2,1-2H3. The number of nitrogens with one attached hydrogen (secondary N) is 1. The summed E-state index contributed by atoms with van der Waals surface area (Å²) in [5.41, 5.74) is 0. The minimum absolute atomic E-state index is 0.106. The topological polar surface area (TPSA) is 46.2 Å². The van der Waals surface area contributed by atoms with Crippen LogP contribution in [-0.2, 0) is 10.0 Å². The molecule has 3 nitrogen and oxygen atoms in total. The van der Waals surface area contributed by atoms with Crippen LogP contribution in [-0.4, -0.2) is 14.5 Å². The van der Waals surface area contributed by atoms with Gasteiger partial charge in [0.15, 0.2) is 0 Å². The van der Waals surface area contributed by atoms with Crippen molar-refractivity contribution >= 4 is 26.0 Å². The van der Waals surface area contributed by atoms with Crippen molar-refractivity contribution in [1.82, 2.24) is 4.72 Å². The molecule has 118 valence electrons. The second kappa shape index (κ2) is 6.30. The zero-order valence-electron chi connectivity index (χ0n) is 11.9. The van der Waals surface area contributed by atoms with E-state index in [1.165, 1.54) is 0 Å². The predicted molar refractivity (Wildman–Crippen MR) is 80.3 cm³/mol. The molecule has 21 heavy (non-hydrogen) atoms. The maximum Gasteiger partial charge on any atom is 0.244 e. The first-order valence-electron chi connectivity index (χ1n) is 6.93. The molecule has 1 N–H and O–H groups in total. The monoisotopic (exact) mass is 381 g/mol. The summed E-state index contributed by atoms with van der Waals surface area (Å²) >= 11 is 2.92. The molecule has 7 heteroatoms. The fraction of sp³-hybridized carbons (Fsp3) is 0.571. The number of hydrogen-bond donors (Lipinski definition) is 1. The lowest BCUT2D eigenvalue weighted by Crippen LogP contribution is -2.38. The second-order valence-corrected chi connectivity index (χ2v) is 8.04. The van der Waals surface area contributed by atoms with Gasteiger partial charge in [-0.15, -0.1) is 0 Å². The molecule has 0 heterocycles. The summed E-state index contributed by atoms with van der Waals surface area (Å²) < 4.78 is 54.1. The Morgan fingerprint density at radius 2 is 2.00 bits per heavy atom. The van der Waals surface area contributed by atoms with Crippen molar-refractivity contribution in [3.05, 3.63) is 28.2 Å². The Balaban J connectivity index is 2.28. The molecule has 3 atom stereocenters. The quantitative estimate of drug-likeness (QED) is 0.861. The van der Waals surface area contributed by atoms with Crippen LogP contribution < -0.4 is 4.72 Å². The van der Waals surface area contributed by atoms with Gasteiger partial charge in [0.25, 0.3) is 0 Å². The first-order valence-corrected chi connectivity index (χ1v) is 9.20. The highest BCUT2D eigenvalue weighted by atomic mass is 79.9. The molecule has 0 spiro atoms. The van der Waals surface area contributed by atoms with Crippen molar-refractivity contribution in [2.75, 3.05) is 0 Å². The molecule has 0 saturated heterocycles. The summed E-state index contributed by atoms with van der Waals surface area (Å²) in [7, 11) is -4.02. The number of sulfonamides is 1. The fourth-order valence-corrected chi connectivity index (χ4v) is 5.56. The van der Waals surface area contributed by atoms with Gasteiger partial charge >= 0.3 is 0 Å². The lowest BCUT2D eigenvalue weighted by molar-refractivity contribution is 0.368. The van der Waals surface area contributed by atoms with Crippen LogP contribution in [0.2, 0.25) is 0 Å². The molecular weight excluding hydrogens is 364 g/mol. The summed E-state index contributed by atoms with van der Waals surface area (Å²) in [5.74, 6) is -1.24. The van der Waals surface area contributed by atoms with Crippen LogP contribution in [0.15, 0.2) is 21.5 Å². The van der Waals surface area contributed by atoms with Crippen molar-refractivity contribution < 1.29 is 17.2 Å². The number of benzene rings is 1. The maximum absolute atomic E-state index is 13.8.